The average molecular weight is 576 g/mol. The van der Waals surface area contributed by atoms with E-state index in [4.69, 9.17) is 9.73 Å². The molecule has 2 aromatic heterocycles. The lowest BCUT2D eigenvalue weighted by atomic mass is 10.1. The molecule has 3 aromatic rings. The number of guanidine groups is 1. The van der Waals surface area contributed by atoms with Gasteiger partial charge in [-0.2, -0.15) is 0 Å². The Hall–Kier alpha value is -2.89. The molecule has 0 aliphatic carbocycles. The molecule has 1 N–H and O–H groups in total. The number of aryl methyl sites for hydroxylation is 1. The maximum Gasteiger partial charge on any atom is 0.194 e. The third-order valence-electron chi connectivity index (χ3n) is 5.96. The van der Waals surface area contributed by atoms with E-state index in [1.165, 1.54) is 5.56 Å². The molecule has 182 valence electrons. The molecule has 34 heavy (non-hydrogen) atoms. The van der Waals surface area contributed by atoms with Gasteiger partial charge in [-0.05, 0) is 43.2 Å². The number of aliphatic imine (C=N–C) groups is 1. The monoisotopic (exact) mass is 576 g/mol. The fourth-order valence-electron chi connectivity index (χ4n) is 3.80. The van der Waals surface area contributed by atoms with Gasteiger partial charge in [0, 0.05) is 46.0 Å². The van der Waals surface area contributed by atoms with Gasteiger partial charge < -0.3 is 24.4 Å². The van der Waals surface area contributed by atoms with Crippen LogP contribution in [0.2, 0.25) is 0 Å². The van der Waals surface area contributed by atoms with Crippen LogP contribution in [0.4, 0.5) is 5.82 Å². The molecule has 0 atom stereocenters. The number of halogens is 1. The number of ether oxygens (including phenoxy) is 1. The fraction of sp³-hybridized carbons (Fsp3) is 0.417. The van der Waals surface area contributed by atoms with Gasteiger partial charge in [0.2, 0.25) is 0 Å². The number of methoxy groups -OCH3 is 1. The first-order chi connectivity index (χ1) is 16.1. The van der Waals surface area contributed by atoms with Crippen LogP contribution in [0, 0.1) is 6.92 Å². The Morgan fingerprint density at radius 1 is 1.06 bits per heavy atom. The second kappa shape index (κ2) is 12.5. The highest BCUT2D eigenvalue weighted by Crippen LogP contribution is 2.14. The van der Waals surface area contributed by atoms with Crippen molar-refractivity contribution in [2.75, 3.05) is 44.7 Å². The van der Waals surface area contributed by atoms with Gasteiger partial charge in [-0.3, -0.25) is 0 Å². The number of pyridine rings is 1. The number of benzene rings is 1. The molecule has 1 saturated heterocycles. The topological polar surface area (TPSA) is 83.7 Å². The highest BCUT2D eigenvalue weighted by molar-refractivity contribution is 14.0. The molecule has 3 heterocycles. The lowest BCUT2D eigenvalue weighted by Crippen LogP contribution is -2.53. The summed E-state index contributed by atoms with van der Waals surface area (Å²) in [7, 11) is 3.66. The van der Waals surface area contributed by atoms with Crippen molar-refractivity contribution in [2.45, 2.75) is 19.9 Å². The molecule has 0 amide bonds. The molecule has 0 spiro atoms. The maximum atomic E-state index is 5.25. The van der Waals surface area contributed by atoms with Crippen LogP contribution in [0.15, 0.2) is 53.7 Å². The van der Waals surface area contributed by atoms with Gasteiger partial charge in [0.15, 0.2) is 11.8 Å². The molecule has 1 fully saturated rings. The molecule has 1 aliphatic heterocycles. The number of hydrogen-bond acceptors (Lipinski definition) is 6. The lowest BCUT2D eigenvalue weighted by molar-refractivity contribution is 0.370. The number of nitrogens with zero attached hydrogens (tertiary/aromatic N) is 7. The minimum absolute atomic E-state index is 0. The van der Waals surface area contributed by atoms with Crippen LogP contribution in [0.25, 0.3) is 0 Å². The standard InChI is InChI=1S/C24H32N8O.HI/c1-19-28-29-23(30(19)2)18-27-24(26-13-11-20-7-9-21(33-3)10-8-20)32-16-14-31(15-17-32)22-6-4-5-12-25-22;/h4-10,12H,11,13-18H2,1-3H3,(H,26,27);1H. The van der Waals surface area contributed by atoms with Crippen molar-refractivity contribution in [3.05, 3.63) is 65.9 Å². The summed E-state index contributed by atoms with van der Waals surface area (Å²) in [6, 6.07) is 14.2. The van der Waals surface area contributed by atoms with Gasteiger partial charge in [0.1, 0.15) is 23.9 Å². The predicted molar refractivity (Wildman–Crippen MR) is 145 cm³/mol. The van der Waals surface area contributed by atoms with Crippen LogP contribution in [-0.4, -0.2) is 70.4 Å². The maximum absolute atomic E-state index is 5.25. The van der Waals surface area contributed by atoms with Crippen LogP contribution in [0.3, 0.4) is 0 Å². The van der Waals surface area contributed by atoms with Gasteiger partial charge in [0.25, 0.3) is 0 Å². The van der Waals surface area contributed by atoms with Crippen molar-refractivity contribution in [3.63, 3.8) is 0 Å². The Labute approximate surface area is 218 Å². The zero-order valence-electron chi connectivity index (χ0n) is 20.0. The predicted octanol–water partition coefficient (Wildman–Crippen LogP) is 2.66. The van der Waals surface area contributed by atoms with Crippen molar-refractivity contribution in [3.8, 4) is 5.75 Å². The summed E-state index contributed by atoms with van der Waals surface area (Å²) in [5, 5.41) is 12.0. The largest absolute Gasteiger partial charge is 0.497 e. The van der Waals surface area contributed by atoms with E-state index in [-0.39, 0.29) is 24.0 Å². The number of aromatic nitrogens is 4. The van der Waals surface area contributed by atoms with Gasteiger partial charge >= 0.3 is 0 Å². The zero-order valence-corrected chi connectivity index (χ0v) is 22.3. The molecule has 0 radical (unpaired) electrons. The third kappa shape index (κ3) is 6.58. The van der Waals surface area contributed by atoms with E-state index in [9.17, 15) is 0 Å². The minimum atomic E-state index is 0. The van der Waals surface area contributed by atoms with Gasteiger partial charge in [0.05, 0.1) is 7.11 Å². The van der Waals surface area contributed by atoms with E-state index in [1.807, 2.05) is 49.0 Å². The van der Waals surface area contributed by atoms with Gasteiger partial charge in [-0.15, -0.1) is 34.2 Å². The van der Waals surface area contributed by atoms with E-state index in [1.54, 1.807) is 7.11 Å². The second-order valence-electron chi connectivity index (χ2n) is 8.05. The molecule has 1 aliphatic rings. The van der Waals surface area contributed by atoms with Gasteiger partial charge in [-0.25, -0.2) is 9.98 Å². The van der Waals surface area contributed by atoms with Crippen molar-refractivity contribution in [1.82, 2.24) is 30.0 Å². The lowest BCUT2D eigenvalue weighted by Gasteiger charge is -2.37. The molecular formula is C24H33IN8O. The summed E-state index contributed by atoms with van der Waals surface area (Å²) in [4.78, 5) is 14.0. The first-order valence-electron chi connectivity index (χ1n) is 11.3. The summed E-state index contributed by atoms with van der Waals surface area (Å²) in [5.74, 6) is 4.55. The molecule has 4 rings (SSSR count). The van der Waals surface area contributed by atoms with Crippen molar-refractivity contribution < 1.29 is 4.74 Å². The smallest absolute Gasteiger partial charge is 0.194 e. The van der Waals surface area contributed by atoms with Crippen molar-refractivity contribution in [1.29, 1.82) is 0 Å². The third-order valence-corrected chi connectivity index (χ3v) is 5.96. The first kappa shape index (κ1) is 25.7. The summed E-state index contributed by atoms with van der Waals surface area (Å²) in [6.45, 7) is 6.79. The molecular weight excluding hydrogens is 543 g/mol. The Morgan fingerprint density at radius 3 is 2.44 bits per heavy atom. The van der Waals surface area contributed by atoms with Crippen LogP contribution < -0.4 is 15.0 Å². The van der Waals surface area contributed by atoms with E-state index >= 15 is 0 Å². The molecule has 0 unspecified atom stereocenters. The van der Waals surface area contributed by atoms with Crippen LogP contribution in [0.1, 0.15) is 17.2 Å². The van der Waals surface area contributed by atoms with Crippen molar-refractivity contribution in [2.24, 2.45) is 12.0 Å². The minimum Gasteiger partial charge on any atom is -0.497 e. The summed E-state index contributed by atoms with van der Waals surface area (Å²) >= 11 is 0. The summed E-state index contributed by atoms with van der Waals surface area (Å²) < 4.78 is 7.24. The zero-order chi connectivity index (χ0) is 23.0. The van der Waals surface area contributed by atoms with E-state index in [2.05, 4.69) is 48.5 Å². The number of piperazine rings is 1. The first-order valence-corrected chi connectivity index (χ1v) is 11.3. The Morgan fingerprint density at radius 2 is 1.82 bits per heavy atom. The van der Waals surface area contributed by atoms with E-state index in [0.717, 1.165) is 68.3 Å². The molecule has 0 bridgehead atoms. The summed E-state index contributed by atoms with van der Waals surface area (Å²) in [5.41, 5.74) is 1.26. The quantitative estimate of drug-likeness (QED) is 0.263. The SMILES string of the molecule is COc1ccc(CCNC(=NCc2nnc(C)n2C)N2CCN(c3ccccn3)CC2)cc1.I. The second-order valence-corrected chi connectivity index (χ2v) is 8.05. The highest BCUT2D eigenvalue weighted by atomic mass is 127. The highest BCUT2D eigenvalue weighted by Gasteiger charge is 2.21. The molecule has 9 nitrogen and oxygen atoms in total. The van der Waals surface area contributed by atoms with Gasteiger partial charge in [-0.1, -0.05) is 18.2 Å². The normalized spacial score (nSPS) is 14.0. The fourth-order valence-corrected chi connectivity index (χ4v) is 3.80. The number of hydrogen-bond donors (Lipinski definition) is 1. The van der Waals surface area contributed by atoms with E-state index < -0.39 is 0 Å². The Balaban J connectivity index is 0.00000324. The average Bonchev–Trinajstić information content (AvgIpc) is 3.19. The van der Waals surface area contributed by atoms with Crippen molar-refractivity contribution >= 4 is 35.8 Å². The number of rotatable bonds is 7. The van der Waals surface area contributed by atoms with E-state index in [0.29, 0.717) is 6.54 Å². The number of anilines is 1. The van der Waals surface area contributed by atoms with Crippen LogP contribution >= 0.6 is 24.0 Å². The number of nitrogens with one attached hydrogen (secondary N) is 1. The Bertz CT molecular complexity index is 1050. The Kier molecular flexibility index (Phi) is 9.49. The molecule has 0 saturated carbocycles. The molecule has 10 heteroatoms. The molecule has 1 aromatic carbocycles. The summed E-state index contributed by atoms with van der Waals surface area (Å²) in [6.07, 6.45) is 2.75. The van der Waals surface area contributed by atoms with Crippen LogP contribution in [-0.2, 0) is 20.0 Å². The van der Waals surface area contributed by atoms with Crippen LogP contribution in [0.5, 0.6) is 5.75 Å².